The molecule has 5 heteroatoms. The summed E-state index contributed by atoms with van der Waals surface area (Å²) in [4.78, 5) is 0. The van der Waals surface area contributed by atoms with Crippen molar-refractivity contribution in [1.29, 1.82) is 0 Å². The van der Waals surface area contributed by atoms with E-state index in [-0.39, 0.29) is 0 Å². The van der Waals surface area contributed by atoms with Gasteiger partial charge in [0.05, 0.1) is 14.6 Å². The lowest BCUT2D eigenvalue weighted by atomic mass is 10.1. The van der Waals surface area contributed by atoms with Crippen LogP contribution in [0.15, 0.2) is 0 Å². The smallest absolute Gasteiger partial charge is 0.114 e. The van der Waals surface area contributed by atoms with E-state index in [0.29, 0.717) is 0 Å². The Bertz CT molecular complexity index is 155. The molecule has 0 aromatic heterocycles. The minimum absolute atomic E-state index is 0.568. The summed E-state index contributed by atoms with van der Waals surface area (Å²) >= 11 is 0. The van der Waals surface area contributed by atoms with Crippen molar-refractivity contribution in [3.63, 3.8) is 0 Å². The Balaban J connectivity index is 2.58. The zero-order valence-corrected chi connectivity index (χ0v) is 5.79. The molecule has 66 valence electrons. The summed E-state index contributed by atoms with van der Waals surface area (Å²) in [6, 6.07) is 0. The zero-order chi connectivity index (χ0) is 9.30. The van der Waals surface area contributed by atoms with Crippen LogP contribution in [0.4, 0.5) is 0 Å². The van der Waals surface area contributed by atoms with E-state index in [4.69, 9.17) is 26.5 Å². The summed E-state index contributed by atoms with van der Waals surface area (Å²) in [6.07, 6.45) is -4.97. The molecule has 1 aliphatic rings. The predicted octanol–water partition coefficient (Wildman–Crippen LogP) is -2.54. The van der Waals surface area contributed by atoms with Gasteiger partial charge in [0, 0.05) is 0 Å². The number of ether oxygens (including phenoxy) is 1. The van der Waals surface area contributed by atoms with Gasteiger partial charge in [-0.1, -0.05) is 0 Å². The van der Waals surface area contributed by atoms with Gasteiger partial charge < -0.3 is 25.2 Å². The van der Waals surface area contributed by atoms with Crippen molar-refractivity contribution in [2.45, 2.75) is 24.4 Å². The van der Waals surface area contributed by atoms with Crippen molar-refractivity contribution in [2.24, 2.45) is 0 Å². The average molecular weight is 165 g/mol. The first-order valence-corrected chi connectivity index (χ1v) is 3.30. The fourth-order valence-corrected chi connectivity index (χ4v) is 0.949. The standard InChI is InChI=1S/C6H12O5/c7-1-3(8)6-5(10)4(9)2-11-6/h3-10H,1-2H2/t3-,4+,5-,6-/m1/s1/i2D/t2?,3-,4+,5-,6-. The molecule has 5 atom stereocenters. The lowest BCUT2D eigenvalue weighted by Gasteiger charge is -2.18. The van der Waals surface area contributed by atoms with Crippen LogP contribution in [0.2, 0.25) is 0 Å². The maximum atomic E-state index is 9.16. The minimum atomic E-state index is -1.32. The maximum Gasteiger partial charge on any atom is 0.114 e. The van der Waals surface area contributed by atoms with E-state index in [0.717, 1.165) is 0 Å². The molecule has 1 heterocycles. The third kappa shape index (κ3) is 1.69. The molecule has 0 radical (unpaired) electrons. The second-order valence-corrected chi connectivity index (χ2v) is 2.47. The van der Waals surface area contributed by atoms with Crippen molar-refractivity contribution >= 4 is 0 Å². The monoisotopic (exact) mass is 165 g/mol. The van der Waals surface area contributed by atoms with Crippen molar-refractivity contribution in [3.8, 4) is 0 Å². The Morgan fingerprint density at radius 3 is 2.64 bits per heavy atom. The highest BCUT2D eigenvalue weighted by atomic mass is 16.5. The number of aliphatic hydroxyl groups excluding tert-OH is 4. The molecule has 4 N–H and O–H groups in total. The van der Waals surface area contributed by atoms with Crippen molar-refractivity contribution in [3.05, 3.63) is 0 Å². The second kappa shape index (κ2) is 3.46. The topological polar surface area (TPSA) is 90.2 Å². The van der Waals surface area contributed by atoms with Gasteiger partial charge >= 0.3 is 0 Å². The number of rotatable bonds is 2. The van der Waals surface area contributed by atoms with E-state index >= 15 is 0 Å². The van der Waals surface area contributed by atoms with Crippen LogP contribution in [-0.4, -0.2) is 58.0 Å². The summed E-state index contributed by atoms with van der Waals surface area (Å²) in [5.41, 5.74) is 0. The van der Waals surface area contributed by atoms with Crippen LogP contribution < -0.4 is 0 Å². The number of hydrogen-bond acceptors (Lipinski definition) is 5. The number of hydrogen-bond donors (Lipinski definition) is 4. The lowest BCUT2D eigenvalue weighted by Crippen LogP contribution is -2.40. The van der Waals surface area contributed by atoms with Gasteiger partial charge in [0.25, 0.3) is 0 Å². The Hall–Kier alpha value is -0.200. The summed E-state index contributed by atoms with van der Waals surface area (Å²) in [6.45, 7) is -1.83. The molecule has 1 aliphatic heterocycles. The van der Waals surface area contributed by atoms with Crippen molar-refractivity contribution in [2.75, 3.05) is 13.2 Å². The Morgan fingerprint density at radius 1 is 1.64 bits per heavy atom. The van der Waals surface area contributed by atoms with Crippen LogP contribution in [0.3, 0.4) is 0 Å². The number of aliphatic hydroxyl groups is 4. The van der Waals surface area contributed by atoms with E-state index in [1.165, 1.54) is 0 Å². The summed E-state index contributed by atoms with van der Waals surface area (Å²) in [7, 11) is 0. The quantitative estimate of drug-likeness (QED) is 0.362. The van der Waals surface area contributed by atoms with E-state index in [1.54, 1.807) is 0 Å². The lowest BCUT2D eigenvalue weighted by molar-refractivity contribution is -0.0684. The van der Waals surface area contributed by atoms with Crippen LogP contribution in [0.25, 0.3) is 0 Å². The molecule has 0 bridgehead atoms. The van der Waals surface area contributed by atoms with Gasteiger partial charge in [0.15, 0.2) is 0 Å². The second-order valence-electron chi connectivity index (χ2n) is 2.47. The molecule has 0 spiro atoms. The largest absolute Gasteiger partial charge is 0.394 e. The molecule has 11 heavy (non-hydrogen) atoms. The molecular formula is C6H12O5. The SMILES string of the molecule is [2H]C1O[C@H]([C@H](O)CO)[C@H](O)[C@H]1O. The van der Waals surface area contributed by atoms with Crippen LogP contribution >= 0.6 is 0 Å². The van der Waals surface area contributed by atoms with E-state index in [1.807, 2.05) is 0 Å². The first-order chi connectivity index (χ1) is 5.57. The van der Waals surface area contributed by atoms with Gasteiger partial charge in [-0.05, 0) is 0 Å². The van der Waals surface area contributed by atoms with Crippen LogP contribution in [0.5, 0.6) is 0 Å². The first-order valence-electron chi connectivity index (χ1n) is 3.88. The molecule has 1 saturated heterocycles. The van der Waals surface area contributed by atoms with E-state index < -0.39 is 37.6 Å². The maximum absolute atomic E-state index is 9.16. The van der Waals surface area contributed by atoms with Crippen LogP contribution in [0, 0.1) is 0 Å². The zero-order valence-electron chi connectivity index (χ0n) is 6.79. The van der Waals surface area contributed by atoms with Gasteiger partial charge in [-0.2, -0.15) is 0 Å². The minimum Gasteiger partial charge on any atom is -0.394 e. The third-order valence-corrected chi connectivity index (χ3v) is 1.63. The highest BCUT2D eigenvalue weighted by Gasteiger charge is 2.38. The Labute approximate surface area is 65.3 Å². The Morgan fingerprint density at radius 2 is 2.27 bits per heavy atom. The molecule has 0 saturated carbocycles. The molecule has 0 amide bonds. The molecule has 0 aromatic carbocycles. The summed E-state index contributed by atoms with van der Waals surface area (Å²) < 4.78 is 11.7. The first kappa shape index (κ1) is 7.45. The van der Waals surface area contributed by atoms with Gasteiger partial charge in [-0.15, -0.1) is 0 Å². The predicted molar refractivity (Wildman–Crippen MR) is 34.8 cm³/mol. The van der Waals surface area contributed by atoms with E-state index in [2.05, 4.69) is 0 Å². The van der Waals surface area contributed by atoms with Gasteiger partial charge in [-0.25, -0.2) is 0 Å². The molecular weight excluding hydrogens is 152 g/mol. The third-order valence-electron chi connectivity index (χ3n) is 1.63. The summed E-state index contributed by atoms with van der Waals surface area (Å²) in [5, 5.41) is 35.7. The van der Waals surface area contributed by atoms with Crippen LogP contribution in [0.1, 0.15) is 1.37 Å². The summed E-state index contributed by atoms with van der Waals surface area (Å²) in [5.74, 6) is 0. The molecule has 0 aromatic rings. The average Bonchev–Trinajstić information content (AvgIpc) is 2.32. The Kier molecular flexibility index (Phi) is 2.35. The van der Waals surface area contributed by atoms with E-state index in [9.17, 15) is 0 Å². The van der Waals surface area contributed by atoms with Crippen molar-refractivity contribution in [1.82, 2.24) is 0 Å². The van der Waals surface area contributed by atoms with Crippen molar-refractivity contribution < 1.29 is 26.5 Å². The van der Waals surface area contributed by atoms with Gasteiger partial charge in [-0.3, -0.25) is 0 Å². The normalized spacial score (nSPS) is 48.9. The molecule has 0 aliphatic carbocycles. The molecule has 1 fully saturated rings. The molecule has 5 nitrogen and oxygen atoms in total. The fourth-order valence-electron chi connectivity index (χ4n) is 0.949. The fraction of sp³-hybridized carbons (Fsp3) is 1.00. The molecule has 1 unspecified atom stereocenters. The van der Waals surface area contributed by atoms with Gasteiger partial charge in [0.1, 0.15) is 24.4 Å². The molecule has 1 rings (SSSR count). The van der Waals surface area contributed by atoms with Crippen LogP contribution in [-0.2, 0) is 4.74 Å². The highest BCUT2D eigenvalue weighted by Crippen LogP contribution is 2.16. The highest BCUT2D eigenvalue weighted by molar-refractivity contribution is 4.87. The van der Waals surface area contributed by atoms with Gasteiger partial charge in [0.2, 0.25) is 0 Å².